The second-order valence-corrected chi connectivity index (χ2v) is 9.95. The fourth-order valence-electron chi connectivity index (χ4n) is 5.04. The van der Waals surface area contributed by atoms with Gasteiger partial charge in [0.1, 0.15) is 6.07 Å². The number of carbonyl (C=O) groups excluding carboxylic acids is 1. The molecule has 1 aliphatic rings. The molecule has 0 radical (unpaired) electrons. The molecule has 200 valence electrons. The number of pyridine rings is 1. The molecule has 1 N–H and O–H groups in total. The molecule has 0 atom stereocenters. The molecule has 0 spiro atoms. The van der Waals surface area contributed by atoms with Crippen LogP contribution in [-0.4, -0.2) is 44.8 Å². The quantitative estimate of drug-likeness (QED) is 0.373. The maximum absolute atomic E-state index is 13.6. The first-order valence-electron chi connectivity index (χ1n) is 13.2. The number of hydrogen-bond donors (Lipinski definition) is 1. The van der Waals surface area contributed by atoms with Gasteiger partial charge in [-0.15, -0.1) is 0 Å². The van der Waals surface area contributed by atoms with E-state index in [1.54, 1.807) is 29.1 Å². The number of likely N-dealkylation sites (tertiary alicyclic amines) is 1. The van der Waals surface area contributed by atoms with Gasteiger partial charge < -0.3 is 5.32 Å². The van der Waals surface area contributed by atoms with E-state index in [0.717, 1.165) is 54.0 Å². The van der Waals surface area contributed by atoms with E-state index in [0.29, 0.717) is 24.2 Å². The molecule has 9 heteroatoms. The maximum atomic E-state index is 13.6. The van der Waals surface area contributed by atoms with Gasteiger partial charge in [0.25, 0.3) is 0 Å². The van der Waals surface area contributed by atoms with Crippen LogP contribution in [0.25, 0.3) is 11.1 Å². The molecule has 1 saturated heterocycles. The number of nitriles is 2. The first kappa shape index (κ1) is 26.6. The van der Waals surface area contributed by atoms with E-state index in [4.69, 9.17) is 5.26 Å². The van der Waals surface area contributed by atoms with Crippen LogP contribution in [0, 0.1) is 22.7 Å². The molecule has 1 fully saturated rings. The summed E-state index contributed by atoms with van der Waals surface area (Å²) in [6, 6.07) is 23.1. The minimum atomic E-state index is -0.163. The highest BCUT2D eigenvalue weighted by atomic mass is 16.2. The molecule has 3 heterocycles. The van der Waals surface area contributed by atoms with Gasteiger partial charge in [-0.3, -0.25) is 19.5 Å². The normalized spacial score (nSPS) is 13.8. The minimum Gasteiger partial charge on any atom is -0.334 e. The molecule has 2 amide bonds. The van der Waals surface area contributed by atoms with Crippen LogP contribution in [0.1, 0.15) is 35.2 Å². The van der Waals surface area contributed by atoms with E-state index in [-0.39, 0.29) is 12.1 Å². The van der Waals surface area contributed by atoms with E-state index in [1.165, 1.54) is 0 Å². The molecule has 4 aromatic rings. The van der Waals surface area contributed by atoms with Gasteiger partial charge in [0.15, 0.2) is 0 Å². The number of aryl methyl sites for hydroxylation is 1. The summed E-state index contributed by atoms with van der Waals surface area (Å²) in [7, 11) is 1.89. The number of carbonyl (C=O) groups is 1. The molecule has 1 aliphatic heterocycles. The SMILES string of the molecule is Cn1cc(-c2ccc(N(C(=O)NCc3cccc(C#N)c3)C3CCN(Cc4ccc(C#N)cn4)CC3)cc2)cn1. The van der Waals surface area contributed by atoms with Crippen molar-refractivity contribution < 1.29 is 4.79 Å². The summed E-state index contributed by atoms with van der Waals surface area (Å²) in [5.41, 5.74) is 5.82. The summed E-state index contributed by atoms with van der Waals surface area (Å²) >= 11 is 0. The van der Waals surface area contributed by atoms with Crippen molar-refractivity contribution in [2.75, 3.05) is 18.0 Å². The van der Waals surface area contributed by atoms with Crippen LogP contribution in [-0.2, 0) is 20.1 Å². The molecule has 0 bridgehead atoms. The number of nitrogens with one attached hydrogen (secondary N) is 1. The zero-order chi connectivity index (χ0) is 27.9. The van der Waals surface area contributed by atoms with Crippen LogP contribution in [0.2, 0.25) is 0 Å². The van der Waals surface area contributed by atoms with Crippen LogP contribution < -0.4 is 10.2 Å². The lowest BCUT2D eigenvalue weighted by Gasteiger charge is -2.38. The number of urea groups is 1. The van der Waals surface area contributed by atoms with E-state index >= 15 is 0 Å². The van der Waals surface area contributed by atoms with Crippen molar-refractivity contribution in [3.05, 3.63) is 102 Å². The fourth-order valence-corrected chi connectivity index (χ4v) is 5.04. The van der Waals surface area contributed by atoms with Crippen LogP contribution >= 0.6 is 0 Å². The number of piperidine rings is 1. The summed E-state index contributed by atoms with van der Waals surface area (Å²) in [6.45, 7) is 2.70. The lowest BCUT2D eigenvalue weighted by atomic mass is 10.0. The summed E-state index contributed by atoms with van der Waals surface area (Å²) in [6.07, 6.45) is 7.03. The topological polar surface area (TPSA) is 114 Å². The zero-order valence-electron chi connectivity index (χ0n) is 22.4. The molecule has 2 aromatic carbocycles. The Balaban J connectivity index is 1.30. The summed E-state index contributed by atoms with van der Waals surface area (Å²) in [5.74, 6) is 0. The number of hydrogen-bond acceptors (Lipinski definition) is 6. The van der Waals surface area contributed by atoms with Crippen LogP contribution in [0.4, 0.5) is 10.5 Å². The third kappa shape index (κ3) is 6.35. The molecule has 0 saturated carbocycles. The highest BCUT2D eigenvalue weighted by Crippen LogP contribution is 2.28. The van der Waals surface area contributed by atoms with Gasteiger partial charge in [-0.25, -0.2) is 4.79 Å². The standard InChI is InChI=1S/C31H30N8O/c1-37-21-27(20-36-37)26-6-9-29(10-7-26)39(31(40)35-18-24-4-2-3-23(15-24)16-32)30-11-13-38(14-12-30)22-28-8-5-25(17-33)19-34-28/h2-10,15,19-21,30H,11-14,18,22H2,1H3,(H,35,40). The molecule has 9 nitrogen and oxygen atoms in total. The fraction of sp³-hybridized carbons (Fsp3) is 0.258. The second-order valence-electron chi connectivity index (χ2n) is 9.95. The predicted molar refractivity (Wildman–Crippen MR) is 152 cm³/mol. The number of nitrogens with zero attached hydrogens (tertiary/aromatic N) is 7. The maximum Gasteiger partial charge on any atom is 0.322 e. The van der Waals surface area contributed by atoms with Gasteiger partial charge >= 0.3 is 6.03 Å². The van der Waals surface area contributed by atoms with Crippen molar-refractivity contribution in [1.82, 2.24) is 25.0 Å². The van der Waals surface area contributed by atoms with Gasteiger partial charge in [0, 0.05) is 62.9 Å². The molecule has 5 rings (SSSR count). The highest BCUT2D eigenvalue weighted by Gasteiger charge is 2.29. The van der Waals surface area contributed by atoms with Crippen LogP contribution in [0.3, 0.4) is 0 Å². The van der Waals surface area contributed by atoms with Gasteiger partial charge in [0.05, 0.1) is 29.1 Å². The summed E-state index contributed by atoms with van der Waals surface area (Å²) in [4.78, 5) is 22.3. The first-order chi connectivity index (χ1) is 19.5. The Morgan fingerprint density at radius 3 is 2.42 bits per heavy atom. The average molecular weight is 531 g/mol. The van der Waals surface area contributed by atoms with Gasteiger partial charge in [-0.1, -0.05) is 24.3 Å². The van der Waals surface area contributed by atoms with Crippen molar-refractivity contribution in [2.45, 2.75) is 32.0 Å². The van der Waals surface area contributed by atoms with Crippen molar-refractivity contribution in [3.63, 3.8) is 0 Å². The van der Waals surface area contributed by atoms with E-state index < -0.39 is 0 Å². The number of amides is 2. The zero-order valence-corrected chi connectivity index (χ0v) is 22.4. The van der Waals surface area contributed by atoms with Gasteiger partial charge in [0.2, 0.25) is 0 Å². The van der Waals surface area contributed by atoms with Gasteiger partial charge in [-0.2, -0.15) is 15.6 Å². The van der Waals surface area contributed by atoms with Crippen LogP contribution in [0.5, 0.6) is 0 Å². The lowest BCUT2D eigenvalue weighted by molar-refractivity contribution is 0.195. The Morgan fingerprint density at radius 1 is 1.00 bits per heavy atom. The number of aromatic nitrogens is 3. The summed E-state index contributed by atoms with van der Waals surface area (Å²) in [5, 5.41) is 25.6. The number of benzene rings is 2. The van der Waals surface area contributed by atoms with Crippen LogP contribution in [0.15, 0.2) is 79.3 Å². The minimum absolute atomic E-state index is 0.0276. The van der Waals surface area contributed by atoms with Gasteiger partial charge in [-0.05, 0) is 60.4 Å². The highest BCUT2D eigenvalue weighted by molar-refractivity contribution is 5.93. The first-order valence-corrected chi connectivity index (χ1v) is 13.2. The molecule has 0 unspecified atom stereocenters. The second kappa shape index (κ2) is 12.2. The molecule has 2 aromatic heterocycles. The van der Waals surface area contributed by atoms with Crippen molar-refractivity contribution in [1.29, 1.82) is 10.5 Å². The Morgan fingerprint density at radius 2 is 1.77 bits per heavy atom. The molecular formula is C31H30N8O. The Kier molecular flexibility index (Phi) is 8.15. The van der Waals surface area contributed by atoms with Crippen molar-refractivity contribution in [3.8, 4) is 23.3 Å². The molecule has 40 heavy (non-hydrogen) atoms. The Labute approximate surface area is 233 Å². The molecule has 0 aliphatic carbocycles. The third-order valence-corrected chi connectivity index (χ3v) is 7.16. The predicted octanol–water partition coefficient (Wildman–Crippen LogP) is 4.61. The van der Waals surface area contributed by atoms with E-state index in [2.05, 4.69) is 32.4 Å². The summed E-state index contributed by atoms with van der Waals surface area (Å²) < 4.78 is 1.77. The molecular weight excluding hydrogens is 500 g/mol. The van der Waals surface area contributed by atoms with Crippen molar-refractivity contribution in [2.24, 2.45) is 7.05 Å². The Bertz CT molecular complexity index is 1540. The monoisotopic (exact) mass is 530 g/mol. The van der Waals surface area contributed by atoms with E-state index in [9.17, 15) is 10.1 Å². The number of anilines is 1. The van der Waals surface area contributed by atoms with E-state index in [1.807, 2.05) is 66.8 Å². The lowest BCUT2D eigenvalue weighted by Crippen LogP contribution is -2.50. The van der Waals surface area contributed by atoms with Crippen molar-refractivity contribution >= 4 is 11.7 Å². The Hall–Kier alpha value is -4.99. The third-order valence-electron chi connectivity index (χ3n) is 7.16. The smallest absolute Gasteiger partial charge is 0.322 e. The number of rotatable bonds is 7. The largest absolute Gasteiger partial charge is 0.334 e. The average Bonchev–Trinajstić information content (AvgIpc) is 3.44.